The van der Waals surface area contributed by atoms with Crippen LogP contribution in [0.2, 0.25) is 0 Å². The number of aryl methyl sites for hydroxylation is 1. The van der Waals surface area contributed by atoms with Gasteiger partial charge in [0.15, 0.2) is 0 Å². The largest absolute Gasteiger partial charge is 0.389 e. The molecule has 0 spiro atoms. The Labute approximate surface area is 121 Å². The molecule has 2 N–H and O–H groups in total. The van der Waals surface area contributed by atoms with Crippen LogP contribution in [-0.4, -0.2) is 16.6 Å². The van der Waals surface area contributed by atoms with Crippen LogP contribution >= 0.6 is 0 Å². The number of hydrogen-bond acceptors (Lipinski definition) is 2. The van der Waals surface area contributed by atoms with E-state index < -0.39 is 5.60 Å². The highest BCUT2D eigenvalue weighted by atomic mass is 16.3. The molecule has 3 nitrogen and oxygen atoms in total. The van der Waals surface area contributed by atoms with Crippen LogP contribution < -0.4 is 5.32 Å². The summed E-state index contributed by atoms with van der Waals surface area (Å²) in [7, 11) is 0. The lowest BCUT2D eigenvalue weighted by Crippen LogP contribution is -2.36. The minimum Gasteiger partial charge on any atom is -0.389 e. The zero-order valence-corrected chi connectivity index (χ0v) is 12.5. The molecule has 1 unspecified atom stereocenters. The van der Waals surface area contributed by atoms with E-state index in [4.69, 9.17) is 0 Å². The molecule has 1 atom stereocenters. The van der Waals surface area contributed by atoms with Crippen LogP contribution in [0.1, 0.15) is 62.6 Å². The predicted octanol–water partition coefficient (Wildman–Crippen LogP) is 3.26. The van der Waals surface area contributed by atoms with Crippen molar-refractivity contribution in [3.05, 3.63) is 35.4 Å². The van der Waals surface area contributed by atoms with Gasteiger partial charge in [-0.05, 0) is 31.7 Å². The zero-order chi connectivity index (χ0) is 14.6. The average molecular weight is 275 g/mol. The molecule has 110 valence electrons. The molecule has 0 radical (unpaired) electrons. The lowest BCUT2D eigenvalue weighted by Gasteiger charge is -2.24. The molecular formula is C17H25NO2. The van der Waals surface area contributed by atoms with Gasteiger partial charge < -0.3 is 10.4 Å². The number of nitrogens with one attached hydrogen (secondary N) is 1. The van der Waals surface area contributed by atoms with Crippen molar-refractivity contribution in [2.24, 2.45) is 0 Å². The highest BCUT2D eigenvalue weighted by Gasteiger charge is 2.33. The molecule has 1 aliphatic rings. The molecule has 1 aromatic carbocycles. The molecule has 3 heteroatoms. The molecule has 1 aromatic rings. The molecule has 0 saturated heterocycles. The van der Waals surface area contributed by atoms with Gasteiger partial charge in [0.05, 0.1) is 18.1 Å². The molecule has 20 heavy (non-hydrogen) atoms. The molecule has 0 aliphatic heterocycles. The van der Waals surface area contributed by atoms with Gasteiger partial charge in [-0.3, -0.25) is 4.79 Å². The summed E-state index contributed by atoms with van der Waals surface area (Å²) in [4.78, 5) is 12.1. The minimum absolute atomic E-state index is 0.0353. The van der Waals surface area contributed by atoms with Crippen molar-refractivity contribution >= 4 is 5.91 Å². The number of carbonyl (C=O) groups excluding carboxylic acids is 1. The SMILES string of the molecule is CCC(NC(=O)CC1(O)CCCC1)c1ccc(C)cc1. The Morgan fingerprint density at radius 3 is 2.45 bits per heavy atom. The van der Waals surface area contributed by atoms with Crippen molar-refractivity contribution in [1.82, 2.24) is 5.32 Å². The zero-order valence-electron chi connectivity index (χ0n) is 12.5. The van der Waals surface area contributed by atoms with Gasteiger partial charge in [-0.25, -0.2) is 0 Å². The molecule has 1 saturated carbocycles. The van der Waals surface area contributed by atoms with Gasteiger partial charge in [-0.1, -0.05) is 49.6 Å². The van der Waals surface area contributed by atoms with Crippen molar-refractivity contribution in [1.29, 1.82) is 0 Å². The highest BCUT2D eigenvalue weighted by Crippen LogP contribution is 2.32. The third-order valence-corrected chi connectivity index (χ3v) is 4.25. The van der Waals surface area contributed by atoms with E-state index in [1.807, 2.05) is 0 Å². The first-order chi connectivity index (χ1) is 9.52. The molecular weight excluding hydrogens is 250 g/mol. The van der Waals surface area contributed by atoms with E-state index in [1.165, 1.54) is 5.56 Å². The average Bonchev–Trinajstić information content (AvgIpc) is 2.83. The Bertz CT molecular complexity index is 447. The van der Waals surface area contributed by atoms with E-state index in [0.29, 0.717) is 0 Å². The molecule has 1 aliphatic carbocycles. The normalized spacial score (nSPS) is 18.8. The molecule has 0 heterocycles. The Morgan fingerprint density at radius 2 is 1.90 bits per heavy atom. The fourth-order valence-electron chi connectivity index (χ4n) is 2.97. The van der Waals surface area contributed by atoms with Gasteiger partial charge in [0.2, 0.25) is 5.91 Å². The van der Waals surface area contributed by atoms with E-state index in [-0.39, 0.29) is 18.4 Å². The molecule has 0 bridgehead atoms. The van der Waals surface area contributed by atoms with Gasteiger partial charge in [0.1, 0.15) is 0 Å². The van der Waals surface area contributed by atoms with Crippen molar-refractivity contribution in [2.75, 3.05) is 0 Å². The van der Waals surface area contributed by atoms with Crippen molar-refractivity contribution < 1.29 is 9.90 Å². The molecule has 1 amide bonds. The molecule has 2 rings (SSSR count). The number of aliphatic hydroxyl groups is 1. The lowest BCUT2D eigenvalue weighted by molar-refractivity contribution is -0.126. The van der Waals surface area contributed by atoms with Crippen LogP contribution in [0, 0.1) is 6.92 Å². The topological polar surface area (TPSA) is 49.3 Å². The maximum Gasteiger partial charge on any atom is 0.223 e. The van der Waals surface area contributed by atoms with Crippen LogP contribution in [0.5, 0.6) is 0 Å². The molecule has 1 fully saturated rings. The number of amides is 1. The van der Waals surface area contributed by atoms with Crippen molar-refractivity contribution in [2.45, 2.75) is 64.0 Å². The number of carbonyl (C=O) groups is 1. The quantitative estimate of drug-likeness (QED) is 0.866. The summed E-state index contributed by atoms with van der Waals surface area (Å²) in [5.74, 6) is -0.0400. The van der Waals surface area contributed by atoms with Crippen LogP contribution in [0.25, 0.3) is 0 Å². The third-order valence-electron chi connectivity index (χ3n) is 4.25. The van der Waals surface area contributed by atoms with E-state index >= 15 is 0 Å². The first-order valence-electron chi connectivity index (χ1n) is 7.61. The Kier molecular flexibility index (Phi) is 4.81. The van der Waals surface area contributed by atoms with Crippen molar-refractivity contribution in [3.8, 4) is 0 Å². The summed E-state index contributed by atoms with van der Waals surface area (Å²) in [5, 5.41) is 13.3. The summed E-state index contributed by atoms with van der Waals surface area (Å²) in [5.41, 5.74) is 1.58. The standard InChI is InChI=1S/C17H25NO2/c1-3-15(14-8-6-13(2)7-9-14)18-16(19)12-17(20)10-4-5-11-17/h6-9,15,20H,3-5,10-12H2,1-2H3,(H,18,19). The number of hydrogen-bond donors (Lipinski definition) is 2. The lowest BCUT2D eigenvalue weighted by atomic mass is 9.96. The van der Waals surface area contributed by atoms with Crippen molar-refractivity contribution in [3.63, 3.8) is 0 Å². The van der Waals surface area contributed by atoms with E-state index in [2.05, 4.69) is 43.4 Å². The number of rotatable bonds is 5. The van der Waals surface area contributed by atoms with E-state index in [0.717, 1.165) is 37.7 Å². The van der Waals surface area contributed by atoms with Gasteiger partial charge in [-0.2, -0.15) is 0 Å². The Hall–Kier alpha value is -1.35. The summed E-state index contributed by atoms with van der Waals surface area (Å²) in [6.07, 6.45) is 4.64. The predicted molar refractivity (Wildman–Crippen MR) is 80.4 cm³/mol. The maximum atomic E-state index is 12.1. The summed E-state index contributed by atoms with van der Waals surface area (Å²) in [6, 6.07) is 8.29. The Balaban J connectivity index is 1.95. The maximum absolute atomic E-state index is 12.1. The van der Waals surface area contributed by atoms with E-state index in [1.54, 1.807) is 0 Å². The smallest absolute Gasteiger partial charge is 0.223 e. The summed E-state index contributed by atoms with van der Waals surface area (Å²) < 4.78 is 0. The second kappa shape index (κ2) is 6.40. The first-order valence-corrected chi connectivity index (χ1v) is 7.61. The number of benzene rings is 1. The summed E-state index contributed by atoms with van der Waals surface area (Å²) in [6.45, 7) is 4.12. The molecule has 0 aromatic heterocycles. The second-order valence-electron chi connectivity index (χ2n) is 6.05. The fourth-order valence-corrected chi connectivity index (χ4v) is 2.97. The van der Waals surface area contributed by atoms with Gasteiger partial charge in [0, 0.05) is 0 Å². The monoisotopic (exact) mass is 275 g/mol. The third kappa shape index (κ3) is 3.83. The summed E-state index contributed by atoms with van der Waals surface area (Å²) >= 11 is 0. The highest BCUT2D eigenvalue weighted by molar-refractivity contribution is 5.77. The second-order valence-corrected chi connectivity index (χ2v) is 6.05. The Morgan fingerprint density at radius 1 is 1.30 bits per heavy atom. The van der Waals surface area contributed by atoms with Crippen LogP contribution in [-0.2, 0) is 4.79 Å². The van der Waals surface area contributed by atoms with Crippen LogP contribution in [0.3, 0.4) is 0 Å². The van der Waals surface area contributed by atoms with Gasteiger partial charge in [-0.15, -0.1) is 0 Å². The fraction of sp³-hybridized carbons (Fsp3) is 0.588. The van der Waals surface area contributed by atoms with E-state index in [9.17, 15) is 9.90 Å². The van der Waals surface area contributed by atoms with Crippen LogP contribution in [0.4, 0.5) is 0 Å². The van der Waals surface area contributed by atoms with Crippen LogP contribution in [0.15, 0.2) is 24.3 Å². The first kappa shape index (κ1) is 15.0. The minimum atomic E-state index is -0.768. The van der Waals surface area contributed by atoms with Gasteiger partial charge in [0.25, 0.3) is 0 Å². The van der Waals surface area contributed by atoms with Gasteiger partial charge >= 0.3 is 0 Å².